The molecule has 0 saturated carbocycles. The molecule has 6 nitrogen and oxygen atoms in total. The van der Waals surface area contributed by atoms with Gasteiger partial charge in [-0.3, -0.25) is 0 Å². The van der Waals surface area contributed by atoms with E-state index in [9.17, 15) is 0 Å². The predicted molar refractivity (Wildman–Crippen MR) is 117 cm³/mol. The van der Waals surface area contributed by atoms with Gasteiger partial charge in [0.2, 0.25) is 5.95 Å². The summed E-state index contributed by atoms with van der Waals surface area (Å²) in [6, 6.07) is 22.2. The molecule has 0 atom stereocenters. The monoisotopic (exact) mass is 387 g/mol. The molecule has 4 rings (SSSR count). The Balaban J connectivity index is 1.54. The maximum Gasteiger partial charge on any atom is 0.247 e. The fraction of sp³-hybridized carbons (Fsp3) is 0.217. The van der Waals surface area contributed by atoms with Crippen molar-refractivity contribution in [3.63, 3.8) is 0 Å². The molecule has 0 aliphatic carbocycles. The van der Waals surface area contributed by atoms with E-state index in [-0.39, 0.29) is 0 Å². The lowest BCUT2D eigenvalue weighted by molar-refractivity contribution is 0.415. The highest BCUT2D eigenvalue weighted by Crippen LogP contribution is 2.24. The van der Waals surface area contributed by atoms with Crippen LogP contribution in [0.4, 0.5) is 11.6 Å². The minimum atomic E-state index is 0.572. The van der Waals surface area contributed by atoms with E-state index in [1.54, 1.807) is 7.11 Å². The van der Waals surface area contributed by atoms with Crippen molar-refractivity contribution in [3.05, 3.63) is 72.3 Å². The Morgan fingerprint density at radius 1 is 0.966 bits per heavy atom. The highest BCUT2D eigenvalue weighted by atomic mass is 16.5. The first-order valence-corrected chi connectivity index (χ1v) is 9.83. The number of pyridine rings is 1. The average molecular weight is 387 g/mol. The van der Waals surface area contributed by atoms with Crippen LogP contribution in [0.25, 0.3) is 16.9 Å². The fourth-order valence-corrected chi connectivity index (χ4v) is 3.18. The smallest absolute Gasteiger partial charge is 0.247 e. The molecule has 4 aromatic rings. The largest absolute Gasteiger partial charge is 0.497 e. The van der Waals surface area contributed by atoms with Crippen LogP contribution in [0, 0.1) is 0 Å². The van der Waals surface area contributed by atoms with Crippen LogP contribution >= 0.6 is 0 Å². The zero-order valence-electron chi connectivity index (χ0n) is 16.7. The molecular weight excluding hydrogens is 362 g/mol. The van der Waals surface area contributed by atoms with Crippen molar-refractivity contribution in [2.24, 2.45) is 0 Å². The molecule has 29 heavy (non-hydrogen) atoms. The molecule has 2 heterocycles. The number of anilines is 2. The maximum atomic E-state index is 5.25. The van der Waals surface area contributed by atoms with Gasteiger partial charge in [-0.2, -0.15) is 4.98 Å². The number of aromatic nitrogens is 3. The molecule has 2 aromatic heterocycles. The summed E-state index contributed by atoms with van der Waals surface area (Å²) in [4.78, 5) is 4.61. The van der Waals surface area contributed by atoms with Crippen LogP contribution in [0.1, 0.15) is 18.9 Å². The van der Waals surface area contributed by atoms with Crippen molar-refractivity contribution in [1.29, 1.82) is 0 Å². The van der Waals surface area contributed by atoms with Gasteiger partial charge in [-0.05, 0) is 67.1 Å². The molecule has 0 aliphatic rings. The molecule has 0 spiro atoms. The Morgan fingerprint density at radius 2 is 1.76 bits per heavy atom. The van der Waals surface area contributed by atoms with Gasteiger partial charge in [-0.15, -0.1) is 5.10 Å². The van der Waals surface area contributed by atoms with Crippen LogP contribution in [-0.4, -0.2) is 28.3 Å². The van der Waals surface area contributed by atoms with E-state index in [4.69, 9.17) is 4.74 Å². The molecular formula is C23H25N5O. The Hall–Kier alpha value is -3.38. The third-order valence-corrected chi connectivity index (χ3v) is 4.71. The first kappa shape index (κ1) is 19.0. The summed E-state index contributed by atoms with van der Waals surface area (Å²) in [5, 5.41) is 11.4. The number of nitrogens with zero attached hydrogens (tertiary/aromatic N) is 3. The lowest BCUT2D eigenvalue weighted by atomic mass is 10.1. The molecule has 6 heteroatoms. The van der Waals surface area contributed by atoms with Gasteiger partial charge in [0.05, 0.1) is 12.8 Å². The van der Waals surface area contributed by atoms with E-state index in [1.807, 2.05) is 47.0 Å². The lowest BCUT2D eigenvalue weighted by Gasteiger charge is -2.06. The topological polar surface area (TPSA) is 63.5 Å². The van der Waals surface area contributed by atoms with E-state index < -0.39 is 0 Å². The van der Waals surface area contributed by atoms with E-state index in [1.165, 1.54) is 5.56 Å². The highest BCUT2D eigenvalue weighted by molar-refractivity contribution is 5.65. The zero-order chi connectivity index (χ0) is 20.1. The van der Waals surface area contributed by atoms with E-state index in [0.29, 0.717) is 5.95 Å². The number of fused-ring (bicyclic) bond motifs is 1. The lowest BCUT2D eigenvalue weighted by Crippen LogP contribution is -2.13. The average Bonchev–Trinajstić information content (AvgIpc) is 3.18. The molecule has 0 fully saturated rings. The molecule has 0 saturated heterocycles. The van der Waals surface area contributed by atoms with Crippen molar-refractivity contribution in [3.8, 4) is 17.0 Å². The summed E-state index contributed by atoms with van der Waals surface area (Å²) in [7, 11) is 1.67. The van der Waals surface area contributed by atoms with Gasteiger partial charge in [0.1, 0.15) is 5.75 Å². The van der Waals surface area contributed by atoms with E-state index in [0.717, 1.165) is 47.9 Å². The Bertz CT molecular complexity index is 1070. The zero-order valence-corrected chi connectivity index (χ0v) is 16.7. The fourth-order valence-electron chi connectivity index (χ4n) is 3.18. The standard InChI is InChI=1S/C23H25N5O/c1-3-15-24-16-17-7-11-19(12-8-17)25-23-26-22-6-4-5-21(28(22)27-23)18-9-13-20(29-2)14-10-18/h4-14,24H,3,15-16H2,1-2H3,(H,25,27). The Labute approximate surface area is 170 Å². The second-order valence-corrected chi connectivity index (χ2v) is 6.84. The number of hydrogen-bond donors (Lipinski definition) is 2. The number of benzene rings is 2. The summed E-state index contributed by atoms with van der Waals surface area (Å²) >= 11 is 0. The van der Waals surface area contributed by atoms with Gasteiger partial charge in [0.15, 0.2) is 5.65 Å². The summed E-state index contributed by atoms with van der Waals surface area (Å²) < 4.78 is 7.10. The van der Waals surface area contributed by atoms with Gasteiger partial charge in [-0.1, -0.05) is 25.1 Å². The third-order valence-electron chi connectivity index (χ3n) is 4.71. The van der Waals surface area contributed by atoms with Crippen LogP contribution in [0.3, 0.4) is 0 Å². The van der Waals surface area contributed by atoms with Gasteiger partial charge in [-0.25, -0.2) is 4.52 Å². The van der Waals surface area contributed by atoms with Crippen LogP contribution < -0.4 is 15.4 Å². The Morgan fingerprint density at radius 3 is 2.48 bits per heavy atom. The number of ether oxygens (including phenoxy) is 1. The van der Waals surface area contributed by atoms with Crippen molar-refractivity contribution >= 4 is 17.3 Å². The molecule has 0 radical (unpaired) electrons. The van der Waals surface area contributed by atoms with E-state index >= 15 is 0 Å². The number of rotatable bonds is 8. The maximum absolute atomic E-state index is 5.25. The minimum absolute atomic E-state index is 0.572. The molecule has 0 bridgehead atoms. The summed E-state index contributed by atoms with van der Waals surface area (Å²) in [6.07, 6.45) is 1.14. The van der Waals surface area contributed by atoms with Crippen LogP contribution in [0.2, 0.25) is 0 Å². The molecule has 148 valence electrons. The van der Waals surface area contributed by atoms with Gasteiger partial charge in [0.25, 0.3) is 0 Å². The molecule has 0 unspecified atom stereocenters. The van der Waals surface area contributed by atoms with Crippen molar-refractivity contribution < 1.29 is 4.74 Å². The van der Waals surface area contributed by atoms with Crippen LogP contribution in [0.5, 0.6) is 5.75 Å². The predicted octanol–water partition coefficient (Wildman–Crippen LogP) is 4.65. The summed E-state index contributed by atoms with van der Waals surface area (Å²) in [6.45, 7) is 4.08. The van der Waals surface area contributed by atoms with E-state index in [2.05, 4.69) is 51.9 Å². The first-order chi connectivity index (χ1) is 14.3. The second kappa shape index (κ2) is 8.75. The van der Waals surface area contributed by atoms with Crippen molar-refractivity contribution in [2.45, 2.75) is 19.9 Å². The van der Waals surface area contributed by atoms with Gasteiger partial charge >= 0.3 is 0 Å². The van der Waals surface area contributed by atoms with Crippen LogP contribution in [-0.2, 0) is 6.54 Å². The summed E-state index contributed by atoms with van der Waals surface area (Å²) in [5.41, 5.74) is 5.04. The molecule has 2 aromatic carbocycles. The third kappa shape index (κ3) is 4.38. The van der Waals surface area contributed by atoms with Crippen molar-refractivity contribution in [1.82, 2.24) is 19.9 Å². The Kier molecular flexibility index (Phi) is 5.72. The molecule has 0 amide bonds. The second-order valence-electron chi connectivity index (χ2n) is 6.84. The molecule has 0 aliphatic heterocycles. The first-order valence-electron chi connectivity index (χ1n) is 9.83. The minimum Gasteiger partial charge on any atom is -0.497 e. The van der Waals surface area contributed by atoms with Gasteiger partial charge in [0, 0.05) is 17.8 Å². The summed E-state index contributed by atoms with van der Waals surface area (Å²) in [5.74, 6) is 1.40. The van der Waals surface area contributed by atoms with Crippen molar-refractivity contribution in [2.75, 3.05) is 19.0 Å². The number of nitrogens with one attached hydrogen (secondary N) is 2. The molecule has 2 N–H and O–H groups in total. The SMILES string of the molecule is CCCNCc1ccc(Nc2nc3cccc(-c4ccc(OC)cc4)n3n2)cc1. The number of methoxy groups -OCH3 is 1. The number of hydrogen-bond acceptors (Lipinski definition) is 5. The highest BCUT2D eigenvalue weighted by Gasteiger charge is 2.09. The van der Waals surface area contributed by atoms with Crippen LogP contribution in [0.15, 0.2) is 66.7 Å². The normalized spacial score (nSPS) is 11.0. The van der Waals surface area contributed by atoms with Gasteiger partial charge < -0.3 is 15.4 Å². The quantitative estimate of drug-likeness (QED) is 0.431.